The van der Waals surface area contributed by atoms with Gasteiger partial charge >= 0.3 is 12.1 Å². The first kappa shape index (κ1) is 26.7. The Balaban J connectivity index is 1.89. The molecule has 0 aliphatic carbocycles. The molecule has 1 atom stereocenters. The number of hydrogen-bond acceptors (Lipinski definition) is 6. The fraction of sp³-hybridized carbons (Fsp3) is 0.154. The zero-order chi connectivity index (χ0) is 27.2. The summed E-state index contributed by atoms with van der Waals surface area (Å²) in [4.78, 5) is 25.9. The van der Waals surface area contributed by atoms with Gasteiger partial charge in [0.05, 0.1) is 34.4 Å². The number of benzene rings is 3. The molecule has 11 heteroatoms. The predicted octanol–water partition coefficient (Wildman–Crippen LogP) is 5.22. The van der Waals surface area contributed by atoms with E-state index in [1.807, 2.05) is 6.07 Å². The van der Waals surface area contributed by atoms with Crippen LogP contribution in [0.5, 0.6) is 5.75 Å². The molecule has 0 heterocycles. The molecule has 3 rings (SSSR count). The Bertz CT molecular complexity index is 1390. The summed E-state index contributed by atoms with van der Waals surface area (Å²) in [5, 5.41) is 20.1. The molecule has 0 aromatic heterocycles. The van der Waals surface area contributed by atoms with Crippen LogP contribution in [0.1, 0.15) is 34.0 Å². The van der Waals surface area contributed by atoms with Gasteiger partial charge in [-0.1, -0.05) is 0 Å². The first-order chi connectivity index (χ1) is 17.4. The Kier molecular flexibility index (Phi) is 7.79. The molecule has 3 aromatic rings. The molecule has 1 N–H and O–H groups in total. The number of carbonyl (C=O) groups is 2. The number of halogens is 4. The largest absolute Gasteiger partial charge is 0.489 e. The van der Waals surface area contributed by atoms with Crippen molar-refractivity contribution >= 4 is 17.6 Å². The highest BCUT2D eigenvalue weighted by Gasteiger charge is 2.40. The Hall–Kier alpha value is -4.90. The topological polar surface area (TPSA) is 112 Å². The van der Waals surface area contributed by atoms with Crippen LogP contribution in [-0.2, 0) is 15.7 Å². The fourth-order valence-corrected chi connectivity index (χ4v) is 3.05. The smallest absolute Gasteiger partial charge is 0.417 e. The highest BCUT2D eigenvalue weighted by Crippen LogP contribution is 2.34. The molecule has 0 fully saturated rings. The molecule has 1 amide bonds. The van der Waals surface area contributed by atoms with Gasteiger partial charge in [-0.05, 0) is 73.7 Å². The number of esters is 1. The van der Waals surface area contributed by atoms with E-state index in [1.54, 1.807) is 0 Å². The normalized spacial score (nSPS) is 12.4. The summed E-state index contributed by atoms with van der Waals surface area (Å²) < 4.78 is 64.2. The number of carbonyl (C=O) groups excluding carboxylic acids is 2. The van der Waals surface area contributed by atoms with E-state index in [-0.39, 0.29) is 17.0 Å². The van der Waals surface area contributed by atoms with Crippen molar-refractivity contribution in [3.63, 3.8) is 0 Å². The van der Waals surface area contributed by atoms with Crippen LogP contribution in [-0.4, -0.2) is 24.1 Å². The van der Waals surface area contributed by atoms with Crippen molar-refractivity contribution in [3.8, 4) is 17.9 Å². The Morgan fingerprint density at radius 3 is 2.16 bits per heavy atom. The number of nitriles is 2. The second kappa shape index (κ2) is 10.8. The van der Waals surface area contributed by atoms with E-state index >= 15 is 0 Å². The quantitative estimate of drug-likeness (QED) is 0.344. The average molecular weight is 511 g/mol. The van der Waals surface area contributed by atoms with Crippen LogP contribution in [0.3, 0.4) is 0 Å². The number of nitrogens with one attached hydrogen (secondary N) is 1. The predicted molar refractivity (Wildman–Crippen MR) is 122 cm³/mol. The lowest BCUT2D eigenvalue weighted by Gasteiger charge is -2.28. The van der Waals surface area contributed by atoms with Crippen LogP contribution in [0.25, 0.3) is 0 Å². The van der Waals surface area contributed by atoms with Gasteiger partial charge < -0.3 is 14.8 Å². The third-order valence-corrected chi connectivity index (χ3v) is 5.08. The second-order valence-corrected chi connectivity index (χ2v) is 7.88. The molecule has 7 nitrogen and oxygen atoms in total. The summed E-state index contributed by atoms with van der Waals surface area (Å²) in [5.41, 5.74) is -4.02. The van der Waals surface area contributed by atoms with E-state index in [4.69, 9.17) is 20.0 Å². The van der Waals surface area contributed by atoms with E-state index in [0.29, 0.717) is 11.6 Å². The molecule has 0 saturated carbocycles. The standard InChI is InChI=1S/C26H17F4N3O4/c1-25(15-36-21-10-2-16(13-31)3-11-21,37-23(34)17-4-7-19(27)8-5-17)24(35)33-20-9-6-18(14-32)22(12-20)26(28,29)30/h2-12H,15H2,1H3,(H,33,35)/t25-/m0/s1. The lowest BCUT2D eigenvalue weighted by Crippen LogP contribution is -2.49. The third-order valence-electron chi connectivity index (χ3n) is 5.08. The lowest BCUT2D eigenvalue weighted by atomic mass is 10.0. The number of ether oxygens (including phenoxy) is 2. The van der Waals surface area contributed by atoms with Gasteiger partial charge in [-0.15, -0.1) is 0 Å². The molecule has 0 unspecified atom stereocenters. The minimum atomic E-state index is -4.86. The summed E-state index contributed by atoms with van der Waals surface area (Å²) in [6.07, 6.45) is -4.86. The molecule has 0 aliphatic heterocycles. The maximum absolute atomic E-state index is 13.3. The summed E-state index contributed by atoms with van der Waals surface area (Å²) >= 11 is 0. The molecule has 0 spiro atoms. The fourth-order valence-electron chi connectivity index (χ4n) is 3.05. The third kappa shape index (κ3) is 6.61. The lowest BCUT2D eigenvalue weighted by molar-refractivity contribution is -0.138. The molecule has 3 aromatic carbocycles. The van der Waals surface area contributed by atoms with Crippen LogP contribution in [0.4, 0.5) is 23.2 Å². The van der Waals surface area contributed by atoms with Gasteiger partial charge in [0.15, 0.2) is 0 Å². The summed E-state index contributed by atoms with van der Waals surface area (Å²) in [7, 11) is 0. The number of alkyl halides is 3. The van der Waals surface area contributed by atoms with Crippen molar-refractivity contribution in [2.75, 3.05) is 11.9 Å². The first-order valence-electron chi connectivity index (χ1n) is 10.5. The maximum atomic E-state index is 13.3. The second-order valence-electron chi connectivity index (χ2n) is 7.88. The van der Waals surface area contributed by atoms with E-state index in [2.05, 4.69) is 5.32 Å². The Labute approximate surface area is 208 Å². The van der Waals surface area contributed by atoms with Crippen molar-refractivity contribution in [3.05, 3.63) is 94.8 Å². The van der Waals surface area contributed by atoms with Gasteiger partial charge in [0.2, 0.25) is 5.60 Å². The summed E-state index contributed by atoms with van der Waals surface area (Å²) in [5.74, 6) is -2.44. The zero-order valence-electron chi connectivity index (χ0n) is 19.1. The van der Waals surface area contributed by atoms with Crippen LogP contribution < -0.4 is 10.1 Å². The van der Waals surface area contributed by atoms with Crippen molar-refractivity contribution in [2.24, 2.45) is 0 Å². The van der Waals surface area contributed by atoms with Crippen LogP contribution in [0, 0.1) is 28.5 Å². The molecular weight excluding hydrogens is 494 g/mol. The van der Waals surface area contributed by atoms with Gasteiger partial charge in [0, 0.05) is 5.69 Å². The number of nitrogens with zero attached hydrogens (tertiary/aromatic N) is 2. The molecule has 0 bridgehead atoms. The van der Waals surface area contributed by atoms with Gasteiger partial charge in [0.1, 0.15) is 18.2 Å². The SMILES string of the molecule is C[C@@](COc1ccc(C#N)cc1)(OC(=O)c1ccc(F)cc1)C(=O)Nc1ccc(C#N)c(C(F)(F)F)c1. The van der Waals surface area contributed by atoms with E-state index in [1.165, 1.54) is 37.3 Å². The molecular formula is C26H17F4N3O4. The van der Waals surface area contributed by atoms with Crippen molar-refractivity contribution < 1.29 is 36.6 Å². The summed E-state index contributed by atoms with van der Waals surface area (Å²) in [6, 6.07) is 16.0. The van der Waals surface area contributed by atoms with E-state index in [9.17, 15) is 27.2 Å². The molecule has 37 heavy (non-hydrogen) atoms. The minimum absolute atomic E-state index is 0.0865. The van der Waals surface area contributed by atoms with E-state index in [0.717, 1.165) is 36.4 Å². The van der Waals surface area contributed by atoms with E-state index < -0.39 is 47.2 Å². The highest BCUT2D eigenvalue weighted by atomic mass is 19.4. The van der Waals surface area contributed by atoms with Crippen molar-refractivity contribution in [1.82, 2.24) is 0 Å². The van der Waals surface area contributed by atoms with Crippen molar-refractivity contribution in [2.45, 2.75) is 18.7 Å². The Morgan fingerprint density at radius 2 is 1.59 bits per heavy atom. The molecule has 0 aliphatic rings. The molecule has 0 saturated heterocycles. The van der Waals surface area contributed by atoms with Gasteiger partial charge in [0.25, 0.3) is 5.91 Å². The zero-order valence-corrected chi connectivity index (χ0v) is 19.1. The average Bonchev–Trinajstić information content (AvgIpc) is 2.87. The minimum Gasteiger partial charge on any atom is -0.489 e. The number of amides is 1. The first-order valence-corrected chi connectivity index (χ1v) is 10.5. The highest BCUT2D eigenvalue weighted by molar-refractivity contribution is 6.00. The van der Waals surface area contributed by atoms with Gasteiger partial charge in [-0.25, -0.2) is 9.18 Å². The monoisotopic (exact) mass is 511 g/mol. The number of rotatable bonds is 7. The van der Waals surface area contributed by atoms with Crippen LogP contribution in [0.2, 0.25) is 0 Å². The van der Waals surface area contributed by atoms with Crippen LogP contribution in [0.15, 0.2) is 66.7 Å². The number of anilines is 1. The molecule has 0 radical (unpaired) electrons. The number of hydrogen-bond donors (Lipinski definition) is 1. The van der Waals surface area contributed by atoms with Crippen LogP contribution >= 0.6 is 0 Å². The maximum Gasteiger partial charge on any atom is 0.417 e. The molecule has 188 valence electrons. The van der Waals surface area contributed by atoms with Gasteiger partial charge in [-0.3, -0.25) is 4.79 Å². The Morgan fingerprint density at radius 1 is 0.946 bits per heavy atom. The summed E-state index contributed by atoms with van der Waals surface area (Å²) in [6.45, 7) is 0.613. The van der Waals surface area contributed by atoms with Gasteiger partial charge in [-0.2, -0.15) is 23.7 Å². The van der Waals surface area contributed by atoms with Crippen molar-refractivity contribution in [1.29, 1.82) is 10.5 Å².